The summed E-state index contributed by atoms with van der Waals surface area (Å²) in [4.78, 5) is 0.115. The highest BCUT2D eigenvalue weighted by molar-refractivity contribution is 7.89. The van der Waals surface area contributed by atoms with Crippen molar-refractivity contribution >= 4 is 45.6 Å². The number of hydrogen-bond acceptors (Lipinski definition) is 3. The smallest absolute Gasteiger partial charge is 0.240 e. The molecule has 1 aliphatic rings. The van der Waals surface area contributed by atoms with Gasteiger partial charge >= 0.3 is 0 Å². The molecule has 1 heterocycles. The first kappa shape index (κ1) is 19.0. The Morgan fingerprint density at radius 3 is 2.38 bits per heavy atom. The molecule has 1 fully saturated rings. The number of sulfonamides is 1. The molecule has 2 rings (SSSR count). The molecule has 0 spiro atoms. The molecule has 2 unspecified atom stereocenters. The number of piperidine rings is 1. The van der Waals surface area contributed by atoms with E-state index in [2.05, 4.69) is 10.0 Å². The van der Waals surface area contributed by atoms with Gasteiger partial charge in [-0.1, -0.05) is 30.1 Å². The maximum atomic E-state index is 12.4. The van der Waals surface area contributed by atoms with E-state index in [0.29, 0.717) is 15.6 Å². The Bertz CT molecular complexity index is 584. The molecule has 1 saturated heterocycles. The highest BCUT2D eigenvalue weighted by Crippen LogP contribution is 2.28. The molecule has 120 valence electrons. The highest BCUT2D eigenvalue weighted by Gasteiger charge is 2.27. The largest absolute Gasteiger partial charge is 0.316 e. The topological polar surface area (TPSA) is 58.2 Å². The van der Waals surface area contributed by atoms with Crippen LogP contribution < -0.4 is 10.0 Å². The fraction of sp³-hybridized carbons (Fsp3) is 0.538. The van der Waals surface area contributed by atoms with Gasteiger partial charge in [-0.15, -0.1) is 12.4 Å². The third-order valence-electron chi connectivity index (χ3n) is 3.66. The third-order valence-corrected chi connectivity index (χ3v) is 5.91. The minimum Gasteiger partial charge on any atom is -0.316 e. The van der Waals surface area contributed by atoms with Gasteiger partial charge in [0.25, 0.3) is 0 Å². The lowest BCUT2D eigenvalue weighted by Gasteiger charge is -2.30. The quantitative estimate of drug-likeness (QED) is 0.856. The van der Waals surface area contributed by atoms with Crippen molar-refractivity contribution in [3.05, 3.63) is 27.7 Å². The zero-order valence-electron chi connectivity index (χ0n) is 11.8. The second kappa shape index (κ2) is 7.49. The number of halogens is 3. The minimum absolute atomic E-state index is 0. The van der Waals surface area contributed by atoms with Crippen LogP contribution in [0, 0.1) is 12.8 Å². The van der Waals surface area contributed by atoms with E-state index >= 15 is 0 Å². The summed E-state index contributed by atoms with van der Waals surface area (Å²) in [7, 11) is -3.60. The fourth-order valence-corrected chi connectivity index (χ4v) is 4.28. The van der Waals surface area contributed by atoms with Crippen molar-refractivity contribution in [1.29, 1.82) is 0 Å². The van der Waals surface area contributed by atoms with E-state index in [0.717, 1.165) is 19.5 Å². The van der Waals surface area contributed by atoms with Crippen molar-refractivity contribution in [2.24, 2.45) is 5.92 Å². The van der Waals surface area contributed by atoms with Crippen LogP contribution in [-0.2, 0) is 10.0 Å². The van der Waals surface area contributed by atoms with Gasteiger partial charge in [0.05, 0.1) is 4.90 Å². The molecular weight excluding hydrogens is 355 g/mol. The maximum absolute atomic E-state index is 12.4. The van der Waals surface area contributed by atoms with Gasteiger partial charge in [-0.05, 0) is 50.0 Å². The van der Waals surface area contributed by atoms with Crippen molar-refractivity contribution in [3.63, 3.8) is 0 Å². The summed E-state index contributed by atoms with van der Waals surface area (Å²) in [5, 5.41) is 3.95. The Labute approximate surface area is 142 Å². The fourth-order valence-electron chi connectivity index (χ4n) is 2.23. The van der Waals surface area contributed by atoms with Crippen LogP contribution in [0.25, 0.3) is 0 Å². The van der Waals surface area contributed by atoms with Crippen molar-refractivity contribution in [2.45, 2.75) is 31.2 Å². The predicted octanol–water partition coefficient (Wildman–Crippen LogP) is 3.00. The molecule has 2 N–H and O–H groups in total. The van der Waals surface area contributed by atoms with E-state index in [1.807, 2.05) is 6.92 Å². The summed E-state index contributed by atoms with van der Waals surface area (Å²) in [5.41, 5.74) is 0.683. The van der Waals surface area contributed by atoms with Crippen LogP contribution in [0.3, 0.4) is 0 Å². The van der Waals surface area contributed by atoms with E-state index in [1.165, 1.54) is 12.1 Å². The average Bonchev–Trinajstić information content (AvgIpc) is 2.38. The second-order valence-electron chi connectivity index (χ2n) is 5.21. The molecule has 0 saturated carbocycles. The molecule has 1 aromatic rings. The molecule has 0 aromatic heterocycles. The van der Waals surface area contributed by atoms with Crippen LogP contribution in [0.4, 0.5) is 0 Å². The number of hydrogen-bond donors (Lipinski definition) is 2. The summed E-state index contributed by atoms with van der Waals surface area (Å²) >= 11 is 12.0. The Morgan fingerprint density at radius 2 is 1.86 bits per heavy atom. The summed E-state index contributed by atoms with van der Waals surface area (Å²) in [5.74, 6) is 0.245. The van der Waals surface area contributed by atoms with Crippen LogP contribution in [-0.4, -0.2) is 27.5 Å². The number of benzene rings is 1. The summed E-state index contributed by atoms with van der Waals surface area (Å²) in [6.07, 6.45) is 0.772. The molecule has 0 bridgehead atoms. The molecule has 0 amide bonds. The molecule has 21 heavy (non-hydrogen) atoms. The van der Waals surface area contributed by atoms with Gasteiger partial charge < -0.3 is 5.32 Å². The third kappa shape index (κ3) is 4.47. The lowest BCUT2D eigenvalue weighted by atomic mass is 9.97. The van der Waals surface area contributed by atoms with E-state index < -0.39 is 10.0 Å². The molecule has 0 radical (unpaired) electrons. The van der Waals surface area contributed by atoms with Crippen LogP contribution >= 0.6 is 35.6 Å². The van der Waals surface area contributed by atoms with Gasteiger partial charge in [0, 0.05) is 16.1 Å². The van der Waals surface area contributed by atoms with Gasteiger partial charge in [-0.25, -0.2) is 13.1 Å². The van der Waals surface area contributed by atoms with Gasteiger partial charge in [-0.3, -0.25) is 0 Å². The standard InChI is InChI=1S/C13H18Cl2N2O2S.ClH/c1-8-7-16-4-3-13(8)17-20(18,19)10-5-11(14)9(2)12(15)6-10;/h5-6,8,13,16-17H,3-4,7H2,1-2H3;1H. The Hall–Kier alpha value is -0.0400. The molecule has 4 nitrogen and oxygen atoms in total. The lowest BCUT2D eigenvalue weighted by molar-refractivity contribution is 0.328. The summed E-state index contributed by atoms with van der Waals surface area (Å²) < 4.78 is 27.6. The van der Waals surface area contributed by atoms with Gasteiger partial charge in [0.2, 0.25) is 10.0 Å². The first-order valence-corrected chi connectivity index (χ1v) is 8.74. The Balaban J connectivity index is 0.00000220. The summed E-state index contributed by atoms with van der Waals surface area (Å²) in [6, 6.07) is 2.81. The number of rotatable bonds is 3. The van der Waals surface area contributed by atoms with Crippen LogP contribution in [0.1, 0.15) is 18.9 Å². The van der Waals surface area contributed by atoms with Crippen molar-refractivity contribution in [2.75, 3.05) is 13.1 Å². The van der Waals surface area contributed by atoms with Crippen LogP contribution in [0.15, 0.2) is 17.0 Å². The zero-order chi connectivity index (χ0) is 14.9. The van der Waals surface area contributed by atoms with E-state index in [4.69, 9.17) is 23.2 Å². The first-order valence-electron chi connectivity index (χ1n) is 6.50. The van der Waals surface area contributed by atoms with E-state index in [9.17, 15) is 8.42 Å². The van der Waals surface area contributed by atoms with Gasteiger partial charge in [0.1, 0.15) is 0 Å². The van der Waals surface area contributed by atoms with E-state index in [1.54, 1.807) is 6.92 Å². The first-order chi connectivity index (χ1) is 9.31. The van der Waals surface area contributed by atoms with E-state index in [-0.39, 0.29) is 29.3 Å². The highest BCUT2D eigenvalue weighted by atomic mass is 35.5. The van der Waals surface area contributed by atoms with Crippen molar-refractivity contribution < 1.29 is 8.42 Å². The lowest BCUT2D eigenvalue weighted by Crippen LogP contribution is -2.48. The minimum atomic E-state index is -3.60. The summed E-state index contributed by atoms with van der Waals surface area (Å²) in [6.45, 7) is 5.40. The molecule has 1 aromatic carbocycles. The van der Waals surface area contributed by atoms with Gasteiger partial charge in [-0.2, -0.15) is 0 Å². The molecule has 2 atom stereocenters. The van der Waals surface area contributed by atoms with Gasteiger partial charge in [0.15, 0.2) is 0 Å². The van der Waals surface area contributed by atoms with Crippen molar-refractivity contribution in [1.82, 2.24) is 10.0 Å². The SMILES string of the molecule is Cc1c(Cl)cc(S(=O)(=O)NC2CCNCC2C)cc1Cl.Cl. The zero-order valence-corrected chi connectivity index (χ0v) is 15.0. The average molecular weight is 374 g/mol. The van der Waals surface area contributed by atoms with Crippen molar-refractivity contribution in [3.8, 4) is 0 Å². The molecule has 8 heteroatoms. The maximum Gasteiger partial charge on any atom is 0.240 e. The molecule has 1 aliphatic heterocycles. The Kier molecular flexibility index (Phi) is 6.78. The predicted molar refractivity (Wildman–Crippen MR) is 89.2 cm³/mol. The van der Waals surface area contributed by atoms with Crippen LogP contribution in [0.2, 0.25) is 10.0 Å². The number of nitrogens with one attached hydrogen (secondary N) is 2. The molecular formula is C13H19Cl3N2O2S. The molecule has 0 aliphatic carbocycles. The normalized spacial score (nSPS) is 22.7. The second-order valence-corrected chi connectivity index (χ2v) is 7.74. The van der Waals surface area contributed by atoms with Crippen LogP contribution in [0.5, 0.6) is 0 Å². The Morgan fingerprint density at radius 1 is 1.29 bits per heavy atom. The monoisotopic (exact) mass is 372 g/mol.